The first-order valence-electron chi connectivity index (χ1n) is 7.51. The van der Waals surface area contributed by atoms with E-state index in [1.165, 1.54) is 0 Å². The van der Waals surface area contributed by atoms with Gasteiger partial charge < -0.3 is 19.8 Å². The van der Waals surface area contributed by atoms with Gasteiger partial charge in [-0.3, -0.25) is 0 Å². The topological polar surface area (TPSA) is 63.5 Å². The number of alkyl carbamates (subject to hydrolysis) is 1. The summed E-state index contributed by atoms with van der Waals surface area (Å²) in [5.41, 5.74) is 2.13. The minimum absolute atomic E-state index is 0.199. The van der Waals surface area contributed by atoms with Crippen molar-refractivity contribution in [3.63, 3.8) is 0 Å². The van der Waals surface area contributed by atoms with Crippen molar-refractivity contribution in [3.8, 4) is 0 Å². The van der Waals surface area contributed by atoms with Gasteiger partial charge >= 0.3 is 6.09 Å². The monoisotopic (exact) mass is 300 g/mol. The van der Waals surface area contributed by atoms with Crippen LogP contribution < -0.4 is 10.6 Å². The Morgan fingerprint density at radius 1 is 1.14 bits per heavy atom. The van der Waals surface area contributed by atoms with Crippen LogP contribution in [0.1, 0.15) is 24.0 Å². The number of benzene rings is 1. The van der Waals surface area contributed by atoms with Gasteiger partial charge in [0.2, 0.25) is 0 Å². The van der Waals surface area contributed by atoms with Crippen molar-refractivity contribution < 1.29 is 13.9 Å². The molecule has 1 fully saturated rings. The van der Waals surface area contributed by atoms with E-state index in [0.29, 0.717) is 12.6 Å². The third-order valence-electron chi connectivity index (χ3n) is 3.85. The van der Waals surface area contributed by atoms with E-state index in [2.05, 4.69) is 10.6 Å². The largest absolute Gasteiger partial charge is 0.472 e. The fourth-order valence-electron chi connectivity index (χ4n) is 2.49. The molecule has 1 aromatic heterocycles. The molecule has 5 heteroatoms. The van der Waals surface area contributed by atoms with Gasteiger partial charge in [-0.1, -0.05) is 30.3 Å². The molecule has 22 heavy (non-hydrogen) atoms. The molecule has 2 N–H and O–H groups in total. The fourth-order valence-corrected chi connectivity index (χ4v) is 2.49. The van der Waals surface area contributed by atoms with Crippen LogP contribution in [0.2, 0.25) is 0 Å². The van der Waals surface area contributed by atoms with Crippen molar-refractivity contribution >= 4 is 6.09 Å². The van der Waals surface area contributed by atoms with E-state index >= 15 is 0 Å². The lowest BCUT2D eigenvalue weighted by atomic mass is 9.87. The lowest BCUT2D eigenvalue weighted by Crippen LogP contribution is -2.52. The van der Waals surface area contributed by atoms with Crippen LogP contribution in [0.4, 0.5) is 4.79 Å². The summed E-state index contributed by atoms with van der Waals surface area (Å²) in [4.78, 5) is 11.7. The van der Waals surface area contributed by atoms with Gasteiger partial charge in [0.15, 0.2) is 0 Å². The molecule has 0 bridgehead atoms. The molecule has 3 rings (SSSR count). The normalized spacial score (nSPS) is 20.2. The van der Waals surface area contributed by atoms with Crippen LogP contribution in [0.25, 0.3) is 0 Å². The van der Waals surface area contributed by atoms with Crippen molar-refractivity contribution in [2.24, 2.45) is 0 Å². The number of hydrogen-bond acceptors (Lipinski definition) is 4. The minimum atomic E-state index is -0.345. The van der Waals surface area contributed by atoms with Gasteiger partial charge in [0, 0.05) is 24.2 Å². The molecule has 0 spiro atoms. The maximum absolute atomic E-state index is 11.7. The summed E-state index contributed by atoms with van der Waals surface area (Å²) < 4.78 is 10.2. The summed E-state index contributed by atoms with van der Waals surface area (Å²) in [5.74, 6) is 0. The average molecular weight is 300 g/mol. The molecule has 1 amide bonds. The molecule has 0 atom stereocenters. The van der Waals surface area contributed by atoms with Crippen molar-refractivity contribution in [2.75, 3.05) is 0 Å². The molecule has 0 unspecified atom stereocenters. The molecule has 1 heterocycles. The molecule has 116 valence electrons. The minimum Gasteiger partial charge on any atom is -0.472 e. The molecular weight excluding hydrogens is 280 g/mol. The lowest BCUT2D eigenvalue weighted by Gasteiger charge is -2.36. The van der Waals surface area contributed by atoms with Crippen LogP contribution in [0, 0.1) is 0 Å². The van der Waals surface area contributed by atoms with Crippen LogP contribution in [0.5, 0.6) is 0 Å². The molecule has 0 aliphatic heterocycles. The molecule has 1 saturated carbocycles. The number of carbonyl (C=O) groups excluding carboxylic acids is 1. The highest BCUT2D eigenvalue weighted by atomic mass is 16.5. The smallest absolute Gasteiger partial charge is 0.407 e. The Labute approximate surface area is 129 Å². The predicted molar refractivity (Wildman–Crippen MR) is 82.1 cm³/mol. The van der Waals surface area contributed by atoms with Crippen LogP contribution in [-0.2, 0) is 17.9 Å². The standard InChI is InChI=1S/C17H20N2O3/c20-17(22-12-13-4-2-1-3-5-13)19-16-8-15(9-16)18-10-14-6-7-21-11-14/h1-7,11,15-16,18H,8-10,12H2,(H,19,20). The molecule has 5 nitrogen and oxygen atoms in total. The van der Waals surface area contributed by atoms with Crippen molar-refractivity contribution in [1.82, 2.24) is 10.6 Å². The van der Waals surface area contributed by atoms with E-state index in [9.17, 15) is 4.79 Å². The zero-order valence-corrected chi connectivity index (χ0v) is 12.3. The molecule has 0 radical (unpaired) electrons. The second-order valence-electron chi connectivity index (χ2n) is 5.58. The van der Waals surface area contributed by atoms with Gasteiger partial charge in [-0.05, 0) is 24.5 Å². The van der Waals surface area contributed by atoms with Gasteiger partial charge in [0.1, 0.15) is 6.61 Å². The van der Waals surface area contributed by atoms with Crippen molar-refractivity contribution in [3.05, 3.63) is 60.1 Å². The highest BCUT2D eigenvalue weighted by Gasteiger charge is 2.30. The number of furan rings is 1. The first-order valence-corrected chi connectivity index (χ1v) is 7.51. The summed E-state index contributed by atoms with van der Waals surface area (Å²) in [5, 5.41) is 6.32. The van der Waals surface area contributed by atoms with E-state index in [1.54, 1.807) is 12.5 Å². The maximum atomic E-state index is 11.7. The third-order valence-corrected chi connectivity index (χ3v) is 3.85. The molecule has 1 aliphatic rings. The van der Waals surface area contributed by atoms with E-state index in [0.717, 1.165) is 30.5 Å². The summed E-state index contributed by atoms with van der Waals surface area (Å²) in [6, 6.07) is 12.3. The Balaban J connectivity index is 1.29. The summed E-state index contributed by atoms with van der Waals surface area (Å²) >= 11 is 0. The average Bonchev–Trinajstić information content (AvgIpc) is 3.01. The fraction of sp³-hybridized carbons (Fsp3) is 0.353. The predicted octanol–water partition coefficient (Wildman–Crippen LogP) is 2.83. The number of nitrogens with one attached hydrogen (secondary N) is 2. The number of carbonyl (C=O) groups is 1. The van der Waals surface area contributed by atoms with Crippen LogP contribution in [-0.4, -0.2) is 18.2 Å². The summed E-state index contributed by atoms with van der Waals surface area (Å²) in [7, 11) is 0. The third kappa shape index (κ3) is 4.11. The number of amides is 1. The Kier molecular flexibility index (Phi) is 4.75. The van der Waals surface area contributed by atoms with Gasteiger partial charge in [0.05, 0.1) is 12.5 Å². The Morgan fingerprint density at radius 2 is 1.95 bits per heavy atom. The van der Waals surface area contributed by atoms with E-state index in [1.807, 2.05) is 36.4 Å². The van der Waals surface area contributed by atoms with Crippen molar-refractivity contribution in [2.45, 2.75) is 38.1 Å². The van der Waals surface area contributed by atoms with Gasteiger partial charge in [-0.15, -0.1) is 0 Å². The molecule has 2 aromatic rings. The lowest BCUT2D eigenvalue weighted by molar-refractivity contribution is 0.125. The van der Waals surface area contributed by atoms with Gasteiger partial charge in [0.25, 0.3) is 0 Å². The van der Waals surface area contributed by atoms with Gasteiger partial charge in [-0.25, -0.2) is 4.79 Å². The molecule has 1 aromatic carbocycles. The molecule has 1 aliphatic carbocycles. The Morgan fingerprint density at radius 3 is 2.68 bits per heavy atom. The van der Waals surface area contributed by atoms with Crippen LogP contribution in [0.3, 0.4) is 0 Å². The van der Waals surface area contributed by atoms with Crippen molar-refractivity contribution in [1.29, 1.82) is 0 Å². The second-order valence-corrected chi connectivity index (χ2v) is 5.58. The second kappa shape index (κ2) is 7.13. The highest BCUT2D eigenvalue weighted by molar-refractivity contribution is 5.67. The maximum Gasteiger partial charge on any atom is 0.407 e. The first-order chi connectivity index (χ1) is 10.8. The quantitative estimate of drug-likeness (QED) is 0.861. The van der Waals surface area contributed by atoms with E-state index in [4.69, 9.17) is 9.15 Å². The molecule has 0 saturated heterocycles. The SMILES string of the molecule is O=C(NC1CC(NCc2ccoc2)C1)OCc1ccccc1. The van der Waals surface area contributed by atoms with E-state index < -0.39 is 0 Å². The summed E-state index contributed by atoms with van der Waals surface area (Å²) in [6.07, 6.45) is 4.92. The zero-order chi connectivity index (χ0) is 15.2. The Hall–Kier alpha value is -2.27. The van der Waals surface area contributed by atoms with Crippen LogP contribution in [0.15, 0.2) is 53.3 Å². The van der Waals surface area contributed by atoms with E-state index in [-0.39, 0.29) is 12.1 Å². The summed E-state index contributed by atoms with van der Waals surface area (Å²) in [6.45, 7) is 1.11. The number of rotatable bonds is 6. The molecular formula is C17H20N2O3. The zero-order valence-electron chi connectivity index (χ0n) is 12.3. The highest BCUT2D eigenvalue weighted by Crippen LogP contribution is 2.20. The van der Waals surface area contributed by atoms with Gasteiger partial charge in [-0.2, -0.15) is 0 Å². The van der Waals surface area contributed by atoms with Crippen LogP contribution >= 0.6 is 0 Å². The number of hydrogen-bond donors (Lipinski definition) is 2. The number of ether oxygens (including phenoxy) is 1. The Bertz CT molecular complexity index is 577. The first kappa shape index (κ1) is 14.7.